The van der Waals surface area contributed by atoms with Gasteiger partial charge in [-0.25, -0.2) is 12.7 Å². The van der Waals surface area contributed by atoms with E-state index in [-0.39, 0.29) is 29.6 Å². The zero-order valence-electron chi connectivity index (χ0n) is 11.6. The Morgan fingerprint density at radius 2 is 2.00 bits per heavy atom. The summed E-state index contributed by atoms with van der Waals surface area (Å²) < 4.78 is 30.6. The molecule has 0 saturated carbocycles. The Labute approximate surface area is 110 Å². The monoisotopic (exact) mass is 277 g/mol. The van der Waals surface area contributed by atoms with Gasteiger partial charge < -0.3 is 4.74 Å². The molecular formula is C12H23NO4S. The second-order valence-corrected chi connectivity index (χ2v) is 8.01. The maximum atomic E-state index is 12.2. The lowest BCUT2D eigenvalue weighted by molar-refractivity contribution is -0.146. The minimum atomic E-state index is -3.29. The highest BCUT2D eigenvalue weighted by Crippen LogP contribution is 2.24. The van der Waals surface area contributed by atoms with Gasteiger partial charge in [-0.05, 0) is 18.3 Å². The maximum Gasteiger partial charge on any atom is 0.309 e. The van der Waals surface area contributed by atoms with Gasteiger partial charge in [0.15, 0.2) is 0 Å². The largest absolute Gasteiger partial charge is 0.469 e. The third kappa shape index (κ3) is 4.24. The molecule has 0 aromatic rings. The summed E-state index contributed by atoms with van der Waals surface area (Å²) in [6.45, 7) is 6.45. The molecule has 1 saturated heterocycles. The van der Waals surface area contributed by atoms with Crippen molar-refractivity contribution in [2.45, 2.75) is 33.6 Å². The van der Waals surface area contributed by atoms with Gasteiger partial charge in [-0.3, -0.25) is 4.79 Å². The molecule has 106 valence electrons. The van der Waals surface area contributed by atoms with Crippen molar-refractivity contribution in [3.05, 3.63) is 0 Å². The van der Waals surface area contributed by atoms with Crippen molar-refractivity contribution in [3.63, 3.8) is 0 Å². The Bertz CT molecular complexity index is 397. The van der Waals surface area contributed by atoms with E-state index in [0.717, 1.165) is 0 Å². The number of nitrogens with zero attached hydrogens (tertiary/aromatic N) is 1. The summed E-state index contributed by atoms with van der Waals surface area (Å²) in [6.07, 6.45) is 1.41. The zero-order chi connectivity index (χ0) is 14.0. The van der Waals surface area contributed by atoms with Crippen LogP contribution in [0.2, 0.25) is 0 Å². The Morgan fingerprint density at radius 3 is 2.50 bits per heavy atom. The molecule has 1 rings (SSSR count). The molecule has 1 aliphatic heterocycles. The van der Waals surface area contributed by atoms with Gasteiger partial charge in [0.05, 0.1) is 18.8 Å². The predicted molar refractivity (Wildman–Crippen MR) is 69.6 cm³/mol. The molecule has 0 aromatic heterocycles. The molecule has 0 bridgehead atoms. The van der Waals surface area contributed by atoms with Crippen molar-refractivity contribution in [1.82, 2.24) is 4.31 Å². The SMILES string of the molecule is COC(=O)[C@H]1CCCN(S(=O)(=O)CC(C)(C)C)C1. The van der Waals surface area contributed by atoms with E-state index in [1.807, 2.05) is 20.8 Å². The van der Waals surface area contributed by atoms with Crippen LogP contribution in [0.4, 0.5) is 0 Å². The van der Waals surface area contributed by atoms with Crippen molar-refractivity contribution in [2.24, 2.45) is 11.3 Å². The summed E-state index contributed by atoms with van der Waals surface area (Å²) in [5.41, 5.74) is -0.281. The highest BCUT2D eigenvalue weighted by molar-refractivity contribution is 7.89. The molecule has 0 amide bonds. The molecule has 0 N–H and O–H groups in total. The fourth-order valence-electron chi connectivity index (χ4n) is 2.19. The zero-order valence-corrected chi connectivity index (χ0v) is 12.4. The standard InChI is InChI=1S/C12H23NO4S/c1-12(2,3)9-18(15,16)13-7-5-6-10(8-13)11(14)17-4/h10H,5-9H2,1-4H3/t10-/m0/s1. The summed E-state index contributed by atoms with van der Waals surface area (Å²) in [5, 5.41) is 0. The van der Waals surface area contributed by atoms with Gasteiger partial charge in [-0.2, -0.15) is 0 Å². The average molecular weight is 277 g/mol. The molecule has 18 heavy (non-hydrogen) atoms. The molecule has 1 aliphatic rings. The highest BCUT2D eigenvalue weighted by atomic mass is 32.2. The number of carbonyl (C=O) groups excluding carboxylic acids is 1. The van der Waals surface area contributed by atoms with Gasteiger partial charge in [0.1, 0.15) is 0 Å². The topological polar surface area (TPSA) is 63.7 Å². The van der Waals surface area contributed by atoms with E-state index >= 15 is 0 Å². The lowest BCUT2D eigenvalue weighted by atomic mass is 10.00. The molecule has 1 heterocycles. The summed E-state index contributed by atoms with van der Waals surface area (Å²) in [4.78, 5) is 11.5. The van der Waals surface area contributed by atoms with E-state index in [0.29, 0.717) is 19.4 Å². The molecule has 0 radical (unpaired) electrons. The molecule has 1 atom stereocenters. The molecule has 0 aliphatic carbocycles. The van der Waals surface area contributed by atoms with Gasteiger partial charge in [0.25, 0.3) is 0 Å². The molecule has 0 unspecified atom stereocenters. The minimum Gasteiger partial charge on any atom is -0.469 e. The van der Waals surface area contributed by atoms with Gasteiger partial charge >= 0.3 is 5.97 Å². The van der Waals surface area contributed by atoms with Crippen LogP contribution in [0.25, 0.3) is 0 Å². The van der Waals surface area contributed by atoms with E-state index < -0.39 is 10.0 Å². The molecule has 6 heteroatoms. The van der Waals surface area contributed by atoms with E-state index in [9.17, 15) is 13.2 Å². The number of ether oxygens (including phenoxy) is 1. The number of carbonyl (C=O) groups is 1. The Morgan fingerprint density at radius 1 is 1.39 bits per heavy atom. The maximum absolute atomic E-state index is 12.2. The first kappa shape index (κ1) is 15.4. The van der Waals surface area contributed by atoms with Crippen LogP contribution in [0.3, 0.4) is 0 Å². The number of piperidine rings is 1. The molecular weight excluding hydrogens is 254 g/mol. The van der Waals surface area contributed by atoms with Crippen LogP contribution in [0, 0.1) is 11.3 Å². The van der Waals surface area contributed by atoms with Crippen molar-refractivity contribution in [2.75, 3.05) is 26.0 Å². The second-order valence-electron chi connectivity index (χ2n) is 6.04. The Hall–Kier alpha value is -0.620. The fourth-order valence-corrected chi connectivity index (χ4v) is 4.28. The van der Waals surface area contributed by atoms with Crippen LogP contribution in [-0.2, 0) is 19.6 Å². The molecule has 5 nitrogen and oxygen atoms in total. The first-order valence-electron chi connectivity index (χ1n) is 6.21. The highest BCUT2D eigenvalue weighted by Gasteiger charge is 2.34. The Kier molecular flexibility index (Phi) is 4.78. The number of rotatable bonds is 3. The molecule has 0 aromatic carbocycles. The number of methoxy groups -OCH3 is 1. The quantitative estimate of drug-likeness (QED) is 0.728. The second kappa shape index (κ2) is 5.57. The van der Waals surface area contributed by atoms with E-state index in [2.05, 4.69) is 0 Å². The van der Waals surface area contributed by atoms with Gasteiger partial charge in [0.2, 0.25) is 10.0 Å². The van der Waals surface area contributed by atoms with Crippen LogP contribution in [0.15, 0.2) is 0 Å². The van der Waals surface area contributed by atoms with Crippen molar-refractivity contribution in [3.8, 4) is 0 Å². The number of hydrogen-bond donors (Lipinski definition) is 0. The van der Waals surface area contributed by atoms with Crippen LogP contribution in [0.5, 0.6) is 0 Å². The average Bonchev–Trinajstić information content (AvgIpc) is 2.25. The van der Waals surface area contributed by atoms with E-state index in [1.165, 1.54) is 11.4 Å². The van der Waals surface area contributed by atoms with Crippen molar-refractivity contribution >= 4 is 16.0 Å². The molecule has 0 spiro atoms. The first-order chi connectivity index (χ1) is 8.15. The smallest absolute Gasteiger partial charge is 0.309 e. The van der Waals surface area contributed by atoms with E-state index in [1.54, 1.807) is 0 Å². The summed E-state index contributed by atoms with van der Waals surface area (Å²) in [7, 11) is -1.95. The summed E-state index contributed by atoms with van der Waals surface area (Å²) in [5.74, 6) is -0.530. The van der Waals surface area contributed by atoms with Crippen molar-refractivity contribution in [1.29, 1.82) is 0 Å². The van der Waals surface area contributed by atoms with Crippen LogP contribution in [-0.4, -0.2) is 44.6 Å². The van der Waals surface area contributed by atoms with Crippen LogP contribution < -0.4 is 0 Å². The Balaban J connectivity index is 2.75. The summed E-state index contributed by atoms with van der Waals surface area (Å²) >= 11 is 0. The molecule has 1 fully saturated rings. The lowest BCUT2D eigenvalue weighted by Crippen LogP contribution is -2.45. The third-order valence-electron chi connectivity index (χ3n) is 2.93. The van der Waals surface area contributed by atoms with Gasteiger partial charge in [-0.15, -0.1) is 0 Å². The van der Waals surface area contributed by atoms with Crippen LogP contribution >= 0.6 is 0 Å². The van der Waals surface area contributed by atoms with Gasteiger partial charge in [-0.1, -0.05) is 20.8 Å². The summed E-state index contributed by atoms with van der Waals surface area (Å²) in [6, 6.07) is 0. The first-order valence-corrected chi connectivity index (χ1v) is 7.82. The van der Waals surface area contributed by atoms with Crippen molar-refractivity contribution < 1.29 is 17.9 Å². The van der Waals surface area contributed by atoms with Gasteiger partial charge in [0, 0.05) is 13.1 Å². The van der Waals surface area contributed by atoms with E-state index in [4.69, 9.17) is 4.74 Å². The minimum absolute atomic E-state index is 0.105. The third-order valence-corrected chi connectivity index (χ3v) is 5.28. The fraction of sp³-hybridized carbons (Fsp3) is 0.917. The number of hydrogen-bond acceptors (Lipinski definition) is 4. The lowest BCUT2D eigenvalue weighted by Gasteiger charge is -2.32. The number of esters is 1. The number of sulfonamides is 1. The normalized spacial score (nSPS) is 22.8. The predicted octanol–water partition coefficient (Wildman–Crippen LogP) is 1.25. The van der Waals surface area contributed by atoms with Crippen LogP contribution in [0.1, 0.15) is 33.6 Å².